The van der Waals surface area contributed by atoms with Gasteiger partial charge < -0.3 is 9.47 Å². The highest BCUT2D eigenvalue weighted by Crippen LogP contribution is 2.36. The maximum Gasteiger partial charge on any atom is 0.433 e. The molecule has 2 heterocycles. The standard InChI is InChI=1S/C31H47F3N2O2/c1-20(2)22-14-24(29(7,8)9)35-26(16-22)38-19-30(10,11)13-12-21(3)23-15-25(31(32,33)34)36-27(17-23)37-18-28(4,5)6/h14-17,20-21H,12-13,18-19H2,1-11H3. The van der Waals surface area contributed by atoms with E-state index in [0.29, 0.717) is 30.4 Å². The molecule has 2 rings (SSSR count). The molecule has 0 aliphatic carbocycles. The van der Waals surface area contributed by atoms with Crippen molar-refractivity contribution in [3.8, 4) is 11.8 Å². The summed E-state index contributed by atoms with van der Waals surface area (Å²) in [6, 6.07) is 6.94. The Bertz CT molecular complexity index is 1060. The van der Waals surface area contributed by atoms with E-state index in [9.17, 15) is 13.2 Å². The number of hydrogen-bond acceptors (Lipinski definition) is 4. The van der Waals surface area contributed by atoms with Gasteiger partial charge in [0.15, 0.2) is 0 Å². The van der Waals surface area contributed by atoms with Gasteiger partial charge in [0.2, 0.25) is 11.8 Å². The lowest BCUT2D eigenvalue weighted by atomic mass is 9.84. The third-order valence-corrected chi connectivity index (χ3v) is 6.46. The SMILES string of the molecule is CC(C)c1cc(OCC(C)(C)CCC(C)c2cc(OCC(C)(C)C)nc(C(F)(F)F)c2)nc(C(C)(C)C)c1. The number of rotatable bonds is 10. The maximum absolute atomic E-state index is 13.6. The number of pyridine rings is 2. The summed E-state index contributed by atoms with van der Waals surface area (Å²) in [5, 5.41) is 0. The third-order valence-electron chi connectivity index (χ3n) is 6.46. The molecule has 0 spiro atoms. The van der Waals surface area contributed by atoms with E-state index < -0.39 is 11.9 Å². The molecule has 38 heavy (non-hydrogen) atoms. The van der Waals surface area contributed by atoms with E-state index in [-0.39, 0.29) is 34.6 Å². The molecule has 0 amide bonds. The second kappa shape index (κ2) is 11.8. The molecular weight excluding hydrogens is 489 g/mol. The minimum Gasteiger partial charge on any atom is -0.477 e. The van der Waals surface area contributed by atoms with Crippen LogP contribution in [0.4, 0.5) is 13.2 Å². The van der Waals surface area contributed by atoms with Gasteiger partial charge in [0.05, 0.1) is 18.9 Å². The Morgan fingerprint density at radius 3 is 1.71 bits per heavy atom. The van der Waals surface area contributed by atoms with Gasteiger partial charge in [-0.2, -0.15) is 13.2 Å². The molecule has 0 radical (unpaired) electrons. The smallest absolute Gasteiger partial charge is 0.433 e. The summed E-state index contributed by atoms with van der Waals surface area (Å²) in [7, 11) is 0. The lowest BCUT2D eigenvalue weighted by Gasteiger charge is -2.27. The van der Waals surface area contributed by atoms with Crippen molar-refractivity contribution in [1.82, 2.24) is 9.97 Å². The van der Waals surface area contributed by atoms with Crippen molar-refractivity contribution in [1.29, 1.82) is 0 Å². The molecule has 0 saturated heterocycles. The molecule has 0 aliphatic rings. The van der Waals surface area contributed by atoms with Crippen LogP contribution in [0.3, 0.4) is 0 Å². The van der Waals surface area contributed by atoms with Crippen molar-refractivity contribution < 1.29 is 22.6 Å². The van der Waals surface area contributed by atoms with Crippen molar-refractivity contribution in [2.45, 2.75) is 112 Å². The Balaban J connectivity index is 2.14. The van der Waals surface area contributed by atoms with Crippen LogP contribution in [0.1, 0.15) is 123 Å². The van der Waals surface area contributed by atoms with Crippen LogP contribution in [0, 0.1) is 10.8 Å². The molecular formula is C31H47F3N2O2. The van der Waals surface area contributed by atoms with Gasteiger partial charge in [-0.3, -0.25) is 0 Å². The van der Waals surface area contributed by atoms with Crippen LogP contribution in [0.25, 0.3) is 0 Å². The molecule has 0 aliphatic heterocycles. The lowest BCUT2D eigenvalue weighted by molar-refractivity contribution is -0.141. The predicted molar refractivity (Wildman–Crippen MR) is 148 cm³/mol. The van der Waals surface area contributed by atoms with Gasteiger partial charge in [-0.1, -0.05) is 76.2 Å². The van der Waals surface area contributed by atoms with E-state index in [2.05, 4.69) is 59.5 Å². The van der Waals surface area contributed by atoms with Gasteiger partial charge in [-0.25, -0.2) is 9.97 Å². The molecule has 0 bridgehead atoms. The number of ether oxygens (including phenoxy) is 2. The van der Waals surface area contributed by atoms with Crippen LogP contribution in [0.5, 0.6) is 11.8 Å². The average molecular weight is 537 g/mol. The van der Waals surface area contributed by atoms with Gasteiger partial charge in [0.25, 0.3) is 0 Å². The van der Waals surface area contributed by atoms with Crippen molar-refractivity contribution in [2.75, 3.05) is 13.2 Å². The van der Waals surface area contributed by atoms with E-state index in [1.807, 2.05) is 33.8 Å². The molecule has 2 aromatic heterocycles. The first-order valence-corrected chi connectivity index (χ1v) is 13.5. The molecule has 0 saturated carbocycles. The highest BCUT2D eigenvalue weighted by atomic mass is 19.4. The molecule has 1 atom stereocenters. The maximum atomic E-state index is 13.6. The summed E-state index contributed by atoms with van der Waals surface area (Å²) >= 11 is 0. The summed E-state index contributed by atoms with van der Waals surface area (Å²) in [6.45, 7) is 23.5. The van der Waals surface area contributed by atoms with Gasteiger partial charge >= 0.3 is 6.18 Å². The Morgan fingerprint density at radius 2 is 1.21 bits per heavy atom. The van der Waals surface area contributed by atoms with Crippen LogP contribution < -0.4 is 9.47 Å². The fourth-order valence-corrected chi connectivity index (χ4v) is 3.75. The van der Waals surface area contributed by atoms with Crippen LogP contribution >= 0.6 is 0 Å². The van der Waals surface area contributed by atoms with Gasteiger partial charge in [-0.05, 0) is 58.8 Å². The van der Waals surface area contributed by atoms with Crippen molar-refractivity contribution >= 4 is 0 Å². The largest absolute Gasteiger partial charge is 0.477 e. The fraction of sp³-hybridized carbons (Fsp3) is 0.677. The average Bonchev–Trinajstić information content (AvgIpc) is 2.78. The fourth-order valence-electron chi connectivity index (χ4n) is 3.75. The van der Waals surface area contributed by atoms with E-state index in [0.717, 1.165) is 18.2 Å². The van der Waals surface area contributed by atoms with Crippen LogP contribution in [-0.2, 0) is 11.6 Å². The molecule has 0 aromatic carbocycles. The highest BCUT2D eigenvalue weighted by molar-refractivity contribution is 5.31. The molecule has 1 unspecified atom stereocenters. The number of alkyl halides is 3. The minimum atomic E-state index is -4.54. The van der Waals surface area contributed by atoms with Crippen molar-refractivity contribution in [2.24, 2.45) is 10.8 Å². The first-order valence-electron chi connectivity index (χ1n) is 13.5. The Kier molecular flexibility index (Phi) is 9.93. The molecule has 0 fully saturated rings. The Hall–Kier alpha value is -2.31. The van der Waals surface area contributed by atoms with Gasteiger partial charge in [0.1, 0.15) is 5.69 Å². The van der Waals surface area contributed by atoms with E-state index in [1.165, 1.54) is 5.56 Å². The predicted octanol–water partition coefficient (Wildman–Crippen LogP) is 9.33. The summed E-state index contributed by atoms with van der Waals surface area (Å²) < 4.78 is 52.5. The molecule has 2 aromatic rings. The second-order valence-corrected chi connectivity index (χ2v) is 13.9. The highest BCUT2D eigenvalue weighted by Gasteiger charge is 2.34. The zero-order valence-electron chi connectivity index (χ0n) is 25.1. The minimum absolute atomic E-state index is 0.0185. The quantitative estimate of drug-likeness (QED) is 0.303. The zero-order chi connectivity index (χ0) is 29.1. The first-order chi connectivity index (χ1) is 17.2. The monoisotopic (exact) mass is 536 g/mol. The summed E-state index contributed by atoms with van der Waals surface area (Å²) in [4.78, 5) is 8.49. The first kappa shape index (κ1) is 31.9. The Morgan fingerprint density at radius 1 is 0.711 bits per heavy atom. The summed E-state index contributed by atoms with van der Waals surface area (Å²) in [5.41, 5.74) is 1.36. The third kappa shape index (κ3) is 10.1. The summed E-state index contributed by atoms with van der Waals surface area (Å²) in [6.07, 6.45) is -3.07. The zero-order valence-corrected chi connectivity index (χ0v) is 25.1. The van der Waals surface area contributed by atoms with E-state index in [1.54, 1.807) is 6.07 Å². The molecule has 4 nitrogen and oxygen atoms in total. The van der Waals surface area contributed by atoms with E-state index in [4.69, 9.17) is 14.5 Å². The summed E-state index contributed by atoms with van der Waals surface area (Å²) in [5.74, 6) is 0.886. The topological polar surface area (TPSA) is 44.2 Å². The lowest BCUT2D eigenvalue weighted by Crippen LogP contribution is -2.23. The van der Waals surface area contributed by atoms with E-state index >= 15 is 0 Å². The van der Waals surface area contributed by atoms with Gasteiger partial charge in [0, 0.05) is 17.5 Å². The molecule has 0 N–H and O–H groups in total. The Labute approximate surface area is 227 Å². The van der Waals surface area contributed by atoms with Crippen molar-refractivity contribution in [3.63, 3.8) is 0 Å². The molecule has 7 heteroatoms. The number of hydrogen-bond donors (Lipinski definition) is 0. The van der Waals surface area contributed by atoms with Crippen LogP contribution in [-0.4, -0.2) is 23.2 Å². The second-order valence-electron chi connectivity index (χ2n) is 13.9. The van der Waals surface area contributed by atoms with Crippen LogP contribution in [0.15, 0.2) is 24.3 Å². The number of nitrogens with zero attached hydrogens (tertiary/aromatic N) is 2. The van der Waals surface area contributed by atoms with Crippen molar-refractivity contribution in [3.05, 3.63) is 46.8 Å². The number of halogens is 3. The molecule has 214 valence electrons. The number of aromatic nitrogens is 2. The normalized spacial score (nSPS) is 14.1. The van der Waals surface area contributed by atoms with Gasteiger partial charge in [-0.15, -0.1) is 0 Å². The van der Waals surface area contributed by atoms with Crippen LogP contribution in [0.2, 0.25) is 0 Å².